The quantitative estimate of drug-likeness (QED) is 0.631. The lowest BCUT2D eigenvalue weighted by atomic mass is 9.88. The van der Waals surface area contributed by atoms with Crippen molar-refractivity contribution in [2.24, 2.45) is 11.8 Å². The van der Waals surface area contributed by atoms with E-state index in [0.29, 0.717) is 49.5 Å². The highest BCUT2D eigenvalue weighted by atomic mass is 19.1. The number of carbonyl (C=O) groups excluding carboxylic acids is 3. The minimum atomic E-state index is -0.766. The van der Waals surface area contributed by atoms with Gasteiger partial charge in [0, 0.05) is 25.2 Å². The van der Waals surface area contributed by atoms with Crippen LogP contribution in [0.5, 0.6) is 11.5 Å². The van der Waals surface area contributed by atoms with Gasteiger partial charge in [-0.3, -0.25) is 14.4 Å². The zero-order valence-electron chi connectivity index (χ0n) is 19.9. The van der Waals surface area contributed by atoms with Crippen LogP contribution in [-0.2, 0) is 4.79 Å². The van der Waals surface area contributed by atoms with Crippen molar-refractivity contribution in [3.8, 4) is 11.5 Å². The molecule has 2 aliphatic heterocycles. The van der Waals surface area contributed by atoms with Crippen LogP contribution in [0.1, 0.15) is 47.4 Å². The number of likely N-dealkylation sites (tertiary alicyclic amines) is 1. The van der Waals surface area contributed by atoms with Crippen LogP contribution in [0.25, 0.3) is 0 Å². The Morgan fingerprint density at radius 3 is 2.49 bits per heavy atom. The number of nitrogens with one attached hydrogen (secondary N) is 2. The van der Waals surface area contributed by atoms with Gasteiger partial charge in [0.1, 0.15) is 11.9 Å². The van der Waals surface area contributed by atoms with Gasteiger partial charge in [-0.15, -0.1) is 0 Å². The minimum Gasteiger partial charge on any atom is -0.454 e. The van der Waals surface area contributed by atoms with Crippen LogP contribution in [0.3, 0.4) is 0 Å². The van der Waals surface area contributed by atoms with Crippen LogP contribution < -0.4 is 20.1 Å². The molecule has 0 unspecified atom stereocenters. The molecule has 2 aliphatic rings. The maximum Gasteiger partial charge on any atom is 0.256 e. The summed E-state index contributed by atoms with van der Waals surface area (Å²) in [5.74, 6) is -0.440. The van der Waals surface area contributed by atoms with Crippen LogP contribution >= 0.6 is 0 Å². The fourth-order valence-corrected chi connectivity index (χ4v) is 4.32. The second-order valence-electron chi connectivity index (χ2n) is 9.27. The van der Waals surface area contributed by atoms with Gasteiger partial charge in [0.05, 0.1) is 5.56 Å². The molecule has 1 saturated heterocycles. The van der Waals surface area contributed by atoms with E-state index in [1.54, 1.807) is 35.2 Å². The summed E-state index contributed by atoms with van der Waals surface area (Å²) >= 11 is 0. The first kappa shape index (κ1) is 24.5. The first-order valence-electron chi connectivity index (χ1n) is 11.9. The first-order valence-corrected chi connectivity index (χ1v) is 11.9. The fraction of sp³-hybridized carbons (Fsp3) is 0.423. The summed E-state index contributed by atoms with van der Waals surface area (Å²) in [6.07, 6.45) is 1.00. The van der Waals surface area contributed by atoms with Crippen molar-refractivity contribution in [2.45, 2.75) is 32.7 Å². The van der Waals surface area contributed by atoms with E-state index < -0.39 is 17.8 Å². The normalized spacial score (nSPS) is 16.2. The Morgan fingerprint density at radius 2 is 1.77 bits per heavy atom. The molecule has 0 saturated carbocycles. The SMILES string of the molecule is CC(C)CNC(=O)[C@@H](NC(=O)c1ccc2c(c1)OCO2)C1CCN(C(=O)c2ccccc2F)CC1. The smallest absolute Gasteiger partial charge is 0.256 e. The van der Waals surface area contributed by atoms with Gasteiger partial charge in [-0.1, -0.05) is 26.0 Å². The Hall–Kier alpha value is -3.62. The summed E-state index contributed by atoms with van der Waals surface area (Å²) in [4.78, 5) is 40.5. The zero-order chi connectivity index (χ0) is 24.9. The molecule has 4 rings (SSSR count). The molecule has 2 aromatic rings. The van der Waals surface area contributed by atoms with E-state index >= 15 is 0 Å². The van der Waals surface area contributed by atoms with Crippen molar-refractivity contribution < 1.29 is 28.2 Å². The second kappa shape index (κ2) is 10.8. The Labute approximate surface area is 203 Å². The van der Waals surface area contributed by atoms with Crippen molar-refractivity contribution in [3.05, 3.63) is 59.4 Å². The molecular weight excluding hydrogens is 453 g/mol. The van der Waals surface area contributed by atoms with Gasteiger partial charge in [0.25, 0.3) is 11.8 Å². The summed E-state index contributed by atoms with van der Waals surface area (Å²) in [5.41, 5.74) is 0.399. The lowest BCUT2D eigenvalue weighted by Gasteiger charge is -2.36. The predicted octanol–water partition coefficient (Wildman–Crippen LogP) is 2.98. The maximum absolute atomic E-state index is 14.1. The van der Waals surface area contributed by atoms with Gasteiger partial charge in [-0.25, -0.2) is 4.39 Å². The summed E-state index contributed by atoms with van der Waals surface area (Å²) in [6.45, 7) is 5.31. The number of carbonyl (C=O) groups is 3. The molecule has 2 aromatic carbocycles. The largest absolute Gasteiger partial charge is 0.454 e. The lowest BCUT2D eigenvalue weighted by Crippen LogP contribution is -2.54. The number of benzene rings is 2. The number of piperidine rings is 1. The predicted molar refractivity (Wildman–Crippen MR) is 127 cm³/mol. The van der Waals surface area contributed by atoms with E-state index in [4.69, 9.17) is 9.47 Å². The molecule has 1 atom stereocenters. The molecule has 0 radical (unpaired) electrons. The van der Waals surface area contributed by atoms with Crippen LogP contribution in [0.4, 0.5) is 4.39 Å². The topological polar surface area (TPSA) is 97.0 Å². The van der Waals surface area contributed by atoms with Gasteiger partial charge >= 0.3 is 0 Å². The molecule has 0 aliphatic carbocycles. The monoisotopic (exact) mass is 483 g/mol. The molecular formula is C26H30FN3O5. The van der Waals surface area contributed by atoms with Gasteiger partial charge < -0.3 is 25.0 Å². The number of rotatable bonds is 7. The molecule has 186 valence electrons. The summed E-state index contributed by atoms with van der Waals surface area (Å²) in [7, 11) is 0. The minimum absolute atomic E-state index is 0.0355. The highest BCUT2D eigenvalue weighted by molar-refractivity contribution is 5.98. The standard InChI is InChI=1S/C26H30FN3O5/c1-16(2)14-28-25(32)23(29-24(31)18-7-8-21-22(13-18)35-15-34-21)17-9-11-30(12-10-17)26(33)19-5-3-4-6-20(19)27/h3-8,13,16-17,23H,9-12,14-15H2,1-2H3,(H,28,32)(H,29,31)/t23-/m0/s1. The van der Waals surface area contributed by atoms with Gasteiger partial charge in [-0.2, -0.15) is 0 Å². The molecule has 8 nitrogen and oxygen atoms in total. The van der Waals surface area contributed by atoms with Crippen LogP contribution in [0, 0.1) is 17.7 Å². The number of hydrogen-bond donors (Lipinski definition) is 2. The molecule has 1 fully saturated rings. The Bertz CT molecular complexity index is 1100. The van der Waals surface area contributed by atoms with Crippen molar-refractivity contribution in [1.29, 1.82) is 0 Å². The number of amides is 3. The molecule has 3 amide bonds. The van der Waals surface area contributed by atoms with Crippen molar-refractivity contribution in [2.75, 3.05) is 26.4 Å². The lowest BCUT2D eigenvalue weighted by molar-refractivity contribution is -0.124. The first-order chi connectivity index (χ1) is 16.8. The molecule has 35 heavy (non-hydrogen) atoms. The highest BCUT2D eigenvalue weighted by Crippen LogP contribution is 2.32. The van der Waals surface area contributed by atoms with Crippen molar-refractivity contribution in [1.82, 2.24) is 15.5 Å². The number of nitrogens with zero attached hydrogens (tertiary/aromatic N) is 1. The van der Waals surface area contributed by atoms with E-state index in [-0.39, 0.29) is 36.0 Å². The zero-order valence-corrected chi connectivity index (χ0v) is 19.9. The molecule has 2 N–H and O–H groups in total. The molecule has 0 spiro atoms. The Balaban J connectivity index is 1.45. The van der Waals surface area contributed by atoms with E-state index in [9.17, 15) is 18.8 Å². The third-order valence-electron chi connectivity index (χ3n) is 6.29. The second-order valence-corrected chi connectivity index (χ2v) is 9.27. The van der Waals surface area contributed by atoms with Gasteiger partial charge in [0.15, 0.2) is 11.5 Å². The average Bonchev–Trinajstić information content (AvgIpc) is 3.34. The van der Waals surface area contributed by atoms with Crippen LogP contribution in [0.15, 0.2) is 42.5 Å². The Kier molecular flexibility index (Phi) is 7.53. The van der Waals surface area contributed by atoms with Crippen molar-refractivity contribution >= 4 is 17.7 Å². The summed E-state index contributed by atoms with van der Waals surface area (Å²) in [6, 6.07) is 10.0. The van der Waals surface area contributed by atoms with E-state index in [1.165, 1.54) is 12.1 Å². The molecule has 2 heterocycles. The van der Waals surface area contributed by atoms with Crippen LogP contribution in [-0.4, -0.2) is 55.1 Å². The molecule has 9 heteroatoms. The Morgan fingerprint density at radius 1 is 1.06 bits per heavy atom. The highest BCUT2D eigenvalue weighted by Gasteiger charge is 2.34. The number of ether oxygens (including phenoxy) is 2. The fourth-order valence-electron chi connectivity index (χ4n) is 4.32. The number of fused-ring (bicyclic) bond motifs is 1. The molecule has 0 bridgehead atoms. The number of hydrogen-bond acceptors (Lipinski definition) is 5. The third-order valence-corrected chi connectivity index (χ3v) is 6.29. The van der Waals surface area contributed by atoms with Gasteiger partial charge in [0.2, 0.25) is 12.7 Å². The van der Waals surface area contributed by atoms with Crippen LogP contribution in [0.2, 0.25) is 0 Å². The van der Waals surface area contributed by atoms with E-state index in [1.807, 2.05) is 13.8 Å². The number of halogens is 1. The van der Waals surface area contributed by atoms with E-state index in [2.05, 4.69) is 10.6 Å². The van der Waals surface area contributed by atoms with E-state index in [0.717, 1.165) is 0 Å². The summed E-state index contributed by atoms with van der Waals surface area (Å²) < 4.78 is 24.7. The van der Waals surface area contributed by atoms with Gasteiger partial charge in [-0.05, 0) is 55.0 Å². The summed E-state index contributed by atoms with van der Waals surface area (Å²) in [5, 5.41) is 5.81. The third kappa shape index (κ3) is 5.72. The van der Waals surface area contributed by atoms with Crippen molar-refractivity contribution in [3.63, 3.8) is 0 Å². The maximum atomic E-state index is 14.1. The average molecular weight is 484 g/mol. The molecule has 0 aromatic heterocycles.